The molecule has 0 saturated heterocycles. The Morgan fingerprint density at radius 3 is 2.54 bits per heavy atom. The summed E-state index contributed by atoms with van der Waals surface area (Å²) in [5, 5.41) is 5.62. The summed E-state index contributed by atoms with van der Waals surface area (Å²) in [6, 6.07) is 12.5. The molecule has 7 nitrogen and oxygen atoms in total. The Hall–Kier alpha value is -3.35. The van der Waals surface area contributed by atoms with Crippen LogP contribution in [0.5, 0.6) is 5.75 Å². The Morgan fingerprint density at radius 1 is 1.11 bits per heavy atom. The predicted molar refractivity (Wildman–Crippen MR) is 108 cm³/mol. The summed E-state index contributed by atoms with van der Waals surface area (Å²) in [6.07, 6.45) is 2.61. The number of imidazole rings is 1. The van der Waals surface area contributed by atoms with Crippen molar-refractivity contribution < 1.29 is 14.3 Å². The van der Waals surface area contributed by atoms with Crippen LogP contribution in [0.4, 0.5) is 5.69 Å². The SMILES string of the molecule is CCCNC(=O)c1nc(C(=O)Nc2ccc(OC(C)C)cc2)n2ccccc12. The zero-order valence-corrected chi connectivity index (χ0v) is 16.2. The number of hydrogen-bond acceptors (Lipinski definition) is 4. The molecule has 0 aliphatic carbocycles. The Balaban J connectivity index is 1.84. The number of rotatable bonds is 7. The highest BCUT2D eigenvalue weighted by Gasteiger charge is 2.21. The molecule has 0 radical (unpaired) electrons. The van der Waals surface area contributed by atoms with Gasteiger partial charge in [-0.2, -0.15) is 0 Å². The van der Waals surface area contributed by atoms with E-state index < -0.39 is 5.91 Å². The summed E-state index contributed by atoms with van der Waals surface area (Å²) in [6.45, 7) is 6.43. The highest BCUT2D eigenvalue weighted by atomic mass is 16.5. The van der Waals surface area contributed by atoms with Crippen molar-refractivity contribution in [3.8, 4) is 5.75 Å². The average Bonchev–Trinajstić information content (AvgIpc) is 3.07. The maximum atomic E-state index is 12.8. The smallest absolute Gasteiger partial charge is 0.292 e. The van der Waals surface area contributed by atoms with Crippen molar-refractivity contribution in [2.75, 3.05) is 11.9 Å². The van der Waals surface area contributed by atoms with Crippen molar-refractivity contribution in [3.05, 3.63) is 60.2 Å². The van der Waals surface area contributed by atoms with Gasteiger partial charge in [0.15, 0.2) is 5.69 Å². The lowest BCUT2D eigenvalue weighted by atomic mass is 10.3. The molecule has 7 heteroatoms. The van der Waals surface area contributed by atoms with Crippen LogP contribution in [0, 0.1) is 0 Å². The fourth-order valence-corrected chi connectivity index (χ4v) is 2.76. The maximum absolute atomic E-state index is 12.8. The minimum atomic E-state index is -0.395. The molecular formula is C21H24N4O3. The second-order valence-corrected chi connectivity index (χ2v) is 6.64. The second-order valence-electron chi connectivity index (χ2n) is 6.64. The van der Waals surface area contributed by atoms with E-state index in [2.05, 4.69) is 15.6 Å². The molecule has 0 aliphatic heterocycles. The van der Waals surface area contributed by atoms with Crippen LogP contribution in [0.2, 0.25) is 0 Å². The van der Waals surface area contributed by atoms with Gasteiger partial charge in [0.2, 0.25) is 5.82 Å². The number of aromatic nitrogens is 2. The Bertz CT molecular complexity index is 977. The van der Waals surface area contributed by atoms with E-state index in [1.54, 1.807) is 47.0 Å². The number of pyridine rings is 1. The number of anilines is 1. The molecular weight excluding hydrogens is 356 g/mol. The number of carbonyl (C=O) groups excluding carboxylic acids is 2. The highest BCUT2D eigenvalue weighted by Crippen LogP contribution is 2.19. The van der Waals surface area contributed by atoms with Crippen LogP contribution >= 0.6 is 0 Å². The summed E-state index contributed by atoms with van der Waals surface area (Å²) in [7, 11) is 0. The van der Waals surface area contributed by atoms with Gasteiger partial charge in [0.1, 0.15) is 5.75 Å². The molecule has 3 rings (SSSR count). The van der Waals surface area contributed by atoms with E-state index in [1.165, 1.54) is 0 Å². The summed E-state index contributed by atoms with van der Waals surface area (Å²) >= 11 is 0. The lowest BCUT2D eigenvalue weighted by molar-refractivity contribution is 0.0951. The van der Waals surface area contributed by atoms with Gasteiger partial charge in [-0.25, -0.2) is 4.98 Å². The molecule has 0 spiro atoms. The summed E-state index contributed by atoms with van der Waals surface area (Å²) in [5.41, 5.74) is 1.44. The number of hydrogen-bond donors (Lipinski definition) is 2. The van der Waals surface area contributed by atoms with E-state index in [9.17, 15) is 9.59 Å². The number of ether oxygens (including phenoxy) is 1. The van der Waals surface area contributed by atoms with E-state index in [4.69, 9.17) is 4.74 Å². The van der Waals surface area contributed by atoms with E-state index in [-0.39, 0.29) is 23.5 Å². The van der Waals surface area contributed by atoms with Crippen LogP contribution in [-0.2, 0) is 0 Å². The number of nitrogens with zero attached hydrogens (tertiary/aromatic N) is 2. The molecule has 0 atom stereocenters. The largest absolute Gasteiger partial charge is 0.491 e. The molecule has 2 aromatic heterocycles. The van der Waals surface area contributed by atoms with Crippen molar-refractivity contribution in [3.63, 3.8) is 0 Å². The third kappa shape index (κ3) is 4.31. The predicted octanol–water partition coefficient (Wildman–Crippen LogP) is 3.51. The van der Waals surface area contributed by atoms with Gasteiger partial charge in [-0.1, -0.05) is 13.0 Å². The van der Waals surface area contributed by atoms with E-state index in [0.717, 1.165) is 12.2 Å². The fourth-order valence-electron chi connectivity index (χ4n) is 2.76. The topological polar surface area (TPSA) is 84.7 Å². The zero-order chi connectivity index (χ0) is 20.1. The number of fused-ring (bicyclic) bond motifs is 1. The molecule has 3 aromatic rings. The molecule has 2 N–H and O–H groups in total. The monoisotopic (exact) mass is 380 g/mol. The molecule has 2 amide bonds. The van der Waals surface area contributed by atoms with Crippen molar-refractivity contribution >= 4 is 23.0 Å². The Labute approximate surface area is 163 Å². The molecule has 0 unspecified atom stereocenters. The van der Waals surface area contributed by atoms with Gasteiger partial charge < -0.3 is 15.4 Å². The van der Waals surface area contributed by atoms with Crippen molar-refractivity contribution in [2.24, 2.45) is 0 Å². The standard InChI is InChI=1S/C21H24N4O3/c1-4-12-22-20(26)18-17-7-5-6-13-25(17)19(24-18)21(27)23-15-8-10-16(11-9-15)28-14(2)3/h5-11,13-14H,4,12H2,1-3H3,(H,22,26)(H,23,27). The number of nitrogens with one attached hydrogen (secondary N) is 2. The molecule has 28 heavy (non-hydrogen) atoms. The first-order chi connectivity index (χ1) is 13.5. The van der Waals surface area contributed by atoms with Crippen LogP contribution in [0.25, 0.3) is 5.52 Å². The lowest BCUT2D eigenvalue weighted by Crippen LogP contribution is -2.24. The number of benzene rings is 1. The van der Waals surface area contributed by atoms with Crippen LogP contribution in [-0.4, -0.2) is 33.8 Å². The molecule has 0 aliphatic rings. The minimum absolute atomic E-state index is 0.0778. The summed E-state index contributed by atoms with van der Waals surface area (Å²) in [5.74, 6) is 0.196. The van der Waals surface area contributed by atoms with Gasteiger partial charge in [-0.05, 0) is 56.7 Å². The fraction of sp³-hybridized carbons (Fsp3) is 0.286. The Morgan fingerprint density at radius 2 is 1.86 bits per heavy atom. The molecule has 1 aromatic carbocycles. The first-order valence-electron chi connectivity index (χ1n) is 9.33. The lowest BCUT2D eigenvalue weighted by Gasteiger charge is -2.10. The molecule has 146 valence electrons. The first kappa shape index (κ1) is 19.4. The van der Waals surface area contributed by atoms with Gasteiger partial charge in [0.25, 0.3) is 11.8 Å². The summed E-state index contributed by atoms with van der Waals surface area (Å²) in [4.78, 5) is 29.5. The summed E-state index contributed by atoms with van der Waals surface area (Å²) < 4.78 is 7.22. The molecule has 0 saturated carbocycles. The number of amides is 2. The minimum Gasteiger partial charge on any atom is -0.491 e. The molecule has 2 heterocycles. The van der Waals surface area contributed by atoms with Gasteiger partial charge in [0.05, 0.1) is 11.6 Å². The average molecular weight is 380 g/mol. The molecule has 0 fully saturated rings. The third-order valence-electron chi connectivity index (χ3n) is 3.99. The van der Waals surface area contributed by atoms with Crippen molar-refractivity contribution in [2.45, 2.75) is 33.3 Å². The van der Waals surface area contributed by atoms with Gasteiger partial charge >= 0.3 is 0 Å². The van der Waals surface area contributed by atoms with Crippen LogP contribution in [0.15, 0.2) is 48.7 Å². The van der Waals surface area contributed by atoms with E-state index in [1.807, 2.05) is 26.8 Å². The Kier molecular flexibility index (Phi) is 5.93. The second kappa shape index (κ2) is 8.56. The van der Waals surface area contributed by atoms with Gasteiger partial charge in [0, 0.05) is 18.4 Å². The van der Waals surface area contributed by atoms with Crippen LogP contribution in [0.3, 0.4) is 0 Å². The van der Waals surface area contributed by atoms with Crippen LogP contribution < -0.4 is 15.4 Å². The highest BCUT2D eigenvalue weighted by molar-refractivity contribution is 6.06. The number of carbonyl (C=O) groups is 2. The van der Waals surface area contributed by atoms with Crippen molar-refractivity contribution in [1.29, 1.82) is 0 Å². The normalized spacial score (nSPS) is 10.9. The molecule has 0 bridgehead atoms. The maximum Gasteiger partial charge on any atom is 0.292 e. The third-order valence-corrected chi connectivity index (χ3v) is 3.99. The zero-order valence-electron chi connectivity index (χ0n) is 16.2. The van der Waals surface area contributed by atoms with E-state index >= 15 is 0 Å². The van der Waals surface area contributed by atoms with Crippen LogP contribution in [0.1, 0.15) is 48.3 Å². The quantitative estimate of drug-likeness (QED) is 0.657. The van der Waals surface area contributed by atoms with Gasteiger partial charge in [-0.15, -0.1) is 0 Å². The van der Waals surface area contributed by atoms with E-state index in [0.29, 0.717) is 17.7 Å². The van der Waals surface area contributed by atoms with Crippen molar-refractivity contribution in [1.82, 2.24) is 14.7 Å². The first-order valence-corrected chi connectivity index (χ1v) is 9.33. The van der Waals surface area contributed by atoms with Gasteiger partial charge in [-0.3, -0.25) is 14.0 Å².